The van der Waals surface area contributed by atoms with Gasteiger partial charge in [0.05, 0.1) is 5.69 Å². The Balaban J connectivity index is 2.17. The lowest BCUT2D eigenvalue weighted by Crippen LogP contribution is -2.37. The highest BCUT2D eigenvalue weighted by Crippen LogP contribution is 2.21. The van der Waals surface area contributed by atoms with E-state index in [9.17, 15) is 10.1 Å². The number of hydrogen-bond acceptors (Lipinski definition) is 5. The second-order valence-electron chi connectivity index (χ2n) is 5.99. The van der Waals surface area contributed by atoms with Crippen molar-refractivity contribution < 1.29 is 4.79 Å². The van der Waals surface area contributed by atoms with Crippen LogP contribution >= 0.6 is 11.3 Å². The van der Waals surface area contributed by atoms with Crippen LogP contribution in [-0.4, -0.2) is 21.8 Å². The van der Waals surface area contributed by atoms with Crippen LogP contribution in [0.4, 0.5) is 5.13 Å². The van der Waals surface area contributed by atoms with E-state index in [4.69, 9.17) is 0 Å². The molecular formula is C19H22N4OS. The molecule has 0 unspecified atom stereocenters. The normalized spacial score (nSPS) is 11.3. The molecule has 1 aromatic heterocycles. The van der Waals surface area contributed by atoms with E-state index in [1.807, 2.05) is 64.1 Å². The zero-order valence-corrected chi connectivity index (χ0v) is 15.7. The number of aryl methyl sites for hydroxylation is 2. The van der Waals surface area contributed by atoms with Crippen molar-refractivity contribution in [2.45, 2.75) is 40.3 Å². The molecular weight excluding hydrogens is 332 g/mol. The molecule has 130 valence electrons. The van der Waals surface area contributed by atoms with E-state index in [1.54, 1.807) is 4.90 Å². The number of nitriles is 1. The number of hydrogen-bond donors (Lipinski definition) is 1. The average Bonchev–Trinajstić information content (AvgIpc) is 2.91. The molecule has 0 spiro atoms. The molecule has 0 fully saturated rings. The van der Waals surface area contributed by atoms with E-state index in [2.05, 4.69) is 10.3 Å². The van der Waals surface area contributed by atoms with Gasteiger partial charge in [0.2, 0.25) is 0 Å². The molecule has 0 radical (unpaired) electrons. The van der Waals surface area contributed by atoms with Crippen LogP contribution in [0.1, 0.15) is 30.0 Å². The molecule has 0 aliphatic carbocycles. The maximum atomic E-state index is 12.8. The van der Waals surface area contributed by atoms with Crippen LogP contribution in [0, 0.1) is 25.2 Å². The summed E-state index contributed by atoms with van der Waals surface area (Å²) < 4.78 is 0. The van der Waals surface area contributed by atoms with Crippen molar-refractivity contribution in [2.24, 2.45) is 0 Å². The minimum absolute atomic E-state index is 0.0196. The topological polar surface area (TPSA) is 69.0 Å². The number of nitrogens with zero attached hydrogens (tertiary/aromatic N) is 3. The fourth-order valence-electron chi connectivity index (χ4n) is 2.23. The minimum atomic E-state index is -0.293. The van der Waals surface area contributed by atoms with Crippen LogP contribution < -0.4 is 5.32 Å². The Kier molecular flexibility index (Phi) is 6.31. The summed E-state index contributed by atoms with van der Waals surface area (Å²) in [5.74, 6) is -0.293. The number of nitrogens with one attached hydrogen (secondary N) is 1. The Labute approximate surface area is 152 Å². The van der Waals surface area contributed by atoms with Gasteiger partial charge in [-0.2, -0.15) is 5.26 Å². The van der Waals surface area contributed by atoms with E-state index in [1.165, 1.54) is 17.5 Å². The fourth-order valence-corrected chi connectivity index (χ4v) is 3.02. The molecule has 0 bridgehead atoms. The van der Waals surface area contributed by atoms with Gasteiger partial charge in [0.25, 0.3) is 5.91 Å². The van der Waals surface area contributed by atoms with Gasteiger partial charge in [0, 0.05) is 23.7 Å². The zero-order valence-electron chi connectivity index (χ0n) is 14.9. The summed E-state index contributed by atoms with van der Waals surface area (Å²) in [5.41, 5.74) is 2.04. The summed E-state index contributed by atoms with van der Waals surface area (Å²) in [7, 11) is 0. The van der Waals surface area contributed by atoms with Gasteiger partial charge >= 0.3 is 0 Å². The van der Waals surface area contributed by atoms with Crippen molar-refractivity contribution in [3.05, 3.63) is 58.2 Å². The lowest BCUT2D eigenvalue weighted by atomic mass is 10.1. The van der Waals surface area contributed by atoms with Gasteiger partial charge in [-0.3, -0.25) is 4.79 Å². The Morgan fingerprint density at radius 3 is 2.56 bits per heavy atom. The average molecular weight is 354 g/mol. The largest absolute Gasteiger partial charge is 0.337 e. The Morgan fingerprint density at radius 1 is 1.36 bits per heavy atom. The summed E-state index contributed by atoms with van der Waals surface area (Å²) in [4.78, 5) is 19.9. The lowest BCUT2D eigenvalue weighted by molar-refractivity contribution is -0.129. The molecule has 1 N–H and O–H groups in total. The summed E-state index contributed by atoms with van der Waals surface area (Å²) in [6.45, 7) is 8.26. The van der Waals surface area contributed by atoms with E-state index < -0.39 is 0 Å². The van der Waals surface area contributed by atoms with Crippen molar-refractivity contribution in [3.63, 3.8) is 0 Å². The van der Waals surface area contributed by atoms with Gasteiger partial charge in [-0.15, -0.1) is 11.3 Å². The highest BCUT2D eigenvalue weighted by molar-refractivity contribution is 7.15. The quantitative estimate of drug-likeness (QED) is 0.628. The molecule has 1 amide bonds. The minimum Gasteiger partial charge on any atom is -0.337 e. The van der Waals surface area contributed by atoms with E-state index in [-0.39, 0.29) is 17.5 Å². The fraction of sp³-hybridized carbons (Fsp3) is 0.316. The summed E-state index contributed by atoms with van der Waals surface area (Å²) >= 11 is 1.49. The molecule has 6 heteroatoms. The second-order valence-corrected chi connectivity index (χ2v) is 7.19. The molecule has 5 nitrogen and oxygen atoms in total. The number of rotatable bonds is 6. The standard InChI is InChI=1S/C19H22N4OS/c1-13(2)23(12-16-8-6-5-7-9-16)18(24)17(10-20)11-21-19-22-14(3)15(4)25-19/h5-9,11,13H,12H2,1-4H3,(H,21,22)/b17-11-. The highest BCUT2D eigenvalue weighted by Gasteiger charge is 2.21. The number of benzene rings is 1. The number of thiazole rings is 1. The summed E-state index contributed by atoms with van der Waals surface area (Å²) in [6, 6.07) is 11.7. The van der Waals surface area contributed by atoms with Crippen molar-refractivity contribution in [1.29, 1.82) is 5.26 Å². The molecule has 0 aliphatic rings. The Morgan fingerprint density at radius 2 is 2.04 bits per heavy atom. The first kappa shape index (κ1) is 18.7. The van der Waals surface area contributed by atoms with Gasteiger partial charge in [-0.1, -0.05) is 30.3 Å². The van der Waals surface area contributed by atoms with Crippen LogP contribution in [0.25, 0.3) is 0 Å². The van der Waals surface area contributed by atoms with Gasteiger partial charge in [0.1, 0.15) is 11.6 Å². The van der Waals surface area contributed by atoms with E-state index in [0.29, 0.717) is 11.7 Å². The first-order chi connectivity index (χ1) is 11.9. The molecule has 2 aromatic rings. The first-order valence-corrected chi connectivity index (χ1v) is 8.89. The first-order valence-electron chi connectivity index (χ1n) is 8.08. The monoisotopic (exact) mass is 354 g/mol. The van der Waals surface area contributed by atoms with E-state index >= 15 is 0 Å². The third kappa shape index (κ3) is 4.91. The Bertz CT molecular complexity index is 783. The molecule has 0 saturated heterocycles. The smallest absolute Gasteiger partial charge is 0.266 e. The molecule has 0 atom stereocenters. The van der Waals surface area contributed by atoms with Crippen molar-refractivity contribution in [3.8, 4) is 6.07 Å². The van der Waals surface area contributed by atoms with Crippen LogP contribution in [0.3, 0.4) is 0 Å². The predicted octanol–water partition coefficient (Wildman–Crippen LogP) is 4.02. The molecule has 2 rings (SSSR count). The SMILES string of the molecule is Cc1nc(N/C=C(/C#N)C(=O)N(Cc2ccccc2)C(C)C)sc1C. The number of carbonyl (C=O) groups is 1. The van der Waals surface area contributed by atoms with Crippen molar-refractivity contribution >= 4 is 22.4 Å². The highest BCUT2D eigenvalue weighted by atomic mass is 32.1. The molecule has 0 saturated carbocycles. The Hall–Kier alpha value is -2.65. The lowest BCUT2D eigenvalue weighted by Gasteiger charge is -2.26. The van der Waals surface area contributed by atoms with Gasteiger partial charge in [-0.05, 0) is 33.3 Å². The maximum Gasteiger partial charge on any atom is 0.266 e. The number of amides is 1. The van der Waals surface area contributed by atoms with Crippen molar-refractivity contribution in [1.82, 2.24) is 9.88 Å². The van der Waals surface area contributed by atoms with Crippen LogP contribution in [0.15, 0.2) is 42.1 Å². The van der Waals surface area contributed by atoms with E-state index in [0.717, 1.165) is 16.1 Å². The predicted molar refractivity (Wildman–Crippen MR) is 101 cm³/mol. The molecule has 0 aliphatic heterocycles. The number of anilines is 1. The van der Waals surface area contributed by atoms with Crippen LogP contribution in [0.2, 0.25) is 0 Å². The molecule has 1 aromatic carbocycles. The second kappa shape index (κ2) is 8.45. The molecule has 25 heavy (non-hydrogen) atoms. The van der Waals surface area contributed by atoms with Crippen LogP contribution in [0.5, 0.6) is 0 Å². The summed E-state index contributed by atoms with van der Waals surface area (Å²) in [5, 5.41) is 13.1. The third-order valence-corrected chi connectivity index (χ3v) is 4.80. The van der Waals surface area contributed by atoms with Crippen molar-refractivity contribution in [2.75, 3.05) is 5.32 Å². The number of aromatic nitrogens is 1. The van der Waals surface area contributed by atoms with Gasteiger partial charge in [-0.25, -0.2) is 4.98 Å². The molecule has 1 heterocycles. The van der Waals surface area contributed by atoms with Crippen LogP contribution in [-0.2, 0) is 11.3 Å². The number of carbonyl (C=O) groups excluding carboxylic acids is 1. The third-order valence-electron chi connectivity index (χ3n) is 3.80. The summed E-state index contributed by atoms with van der Waals surface area (Å²) in [6.07, 6.45) is 1.44. The van der Waals surface area contributed by atoms with Gasteiger partial charge < -0.3 is 10.2 Å². The maximum absolute atomic E-state index is 12.8. The van der Waals surface area contributed by atoms with Gasteiger partial charge in [0.15, 0.2) is 5.13 Å². The zero-order chi connectivity index (χ0) is 18.4.